The predicted molar refractivity (Wildman–Crippen MR) is 69.9 cm³/mol. The zero-order valence-electron chi connectivity index (χ0n) is 10.5. The van der Waals surface area contributed by atoms with Crippen LogP contribution in [-0.4, -0.2) is 9.97 Å². The predicted octanol–water partition coefficient (Wildman–Crippen LogP) is 2.76. The molecule has 1 fully saturated rings. The molecule has 4 rings (SSSR count). The molecular formula is C15H14FN3. The highest BCUT2D eigenvalue weighted by molar-refractivity contribution is 5.56. The molecule has 1 aromatic heterocycles. The van der Waals surface area contributed by atoms with E-state index in [1.165, 1.54) is 36.2 Å². The lowest BCUT2D eigenvalue weighted by Crippen LogP contribution is -2.02. The summed E-state index contributed by atoms with van der Waals surface area (Å²) in [6.45, 7) is 1.69. The van der Waals surface area contributed by atoms with Crippen molar-refractivity contribution in [2.75, 3.05) is 0 Å². The van der Waals surface area contributed by atoms with E-state index < -0.39 is 0 Å². The molecule has 2 aromatic rings. The van der Waals surface area contributed by atoms with Gasteiger partial charge in [-0.05, 0) is 37.1 Å². The van der Waals surface area contributed by atoms with E-state index in [1.54, 1.807) is 12.1 Å². The van der Waals surface area contributed by atoms with Gasteiger partial charge in [-0.2, -0.15) is 0 Å². The molecule has 4 heteroatoms. The van der Waals surface area contributed by atoms with E-state index in [4.69, 9.17) is 4.98 Å². The van der Waals surface area contributed by atoms with Crippen LogP contribution in [0, 0.1) is 5.82 Å². The third kappa shape index (κ3) is 1.92. The van der Waals surface area contributed by atoms with Crippen molar-refractivity contribution in [3.8, 4) is 11.4 Å². The van der Waals surface area contributed by atoms with Crippen LogP contribution in [0.3, 0.4) is 0 Å². The summed E-state index contributed by atoms with van der Waals surface area (Å²) in [5.41, 5.74) is 4.48. The Balaban J connectivity index is 1.84. The molecule has 2 heterocycles. The fraction of sp³-hybridized carbons (Fsp3) is 0.333. The second-order valence-corrected chi connectivity index (χ2v) is 5.24. The Hall–Kier alpha value is -1.81. The SMILES string of the molecule is Fc1ccc(-c2nc3c(c(C4CC4)n2)CNC3)cc1. The molecule has 96 valence electrons. The van der Waals surface area contributed by atoms with Crippen molar-refractivity contribution < 1.29 is 4.39 Å². The van der Waals surface area contributed by atoms with E-state index in [9.17, 15) is 4.39 Å². The van der Waals surface area contributed by atoms with Gasteiger partial charge in [0.05, 0.1) is 11.4 Å². The van der Waals surface area contributed by atoms with Crippen LogP contribution in [0.15, 0.2) is 24.3 Å². The number of hydrogen-bond donors (Lipinski definition) is 1. The third-order valence-corrected chi connectivity index (χ3v) is 3.79. The molecule has 1 saturated carbocycles. The Labute approximate surface area is 110 Å². The lowest BCUT2D eigenvalue weighted by molar-refractivity contribution is 0.628. The Morgan fingerprint density at radius 1 is 1.05 bits per heavy atom. The normalized spacial score (nSPS) is 17.5. The van der Waals surface area contributed by atoms with Gasteiger partial charge >= 0.3 is 0 Å². The van der Waals surface area contributed by atoms with E-state index in [1.807, 2.05) is 0 Å². The average Bonchev–Trinajstić information content (AvgIpc) is 3.16. The molecule has 1 aromatic carbocycles. The van der Waals surface area contributed by atoms with Gasteiger partial charge in [0.1, 0.15) is 5.82 Å². The van der Waals surface area contributed by atoms with E-state index in [0.29, 0.717) is 5.92 Å². The van der Waals surface area contributed by atoms with E-state index in [0.717, 1.165) is 30.2 Å². The van der Waals surface area contributed by atoms with Gasteiger partial charge in [-0.1, -0.05) is 0 Å². The minimum Gasteiger partial charge on any atom is -0.307 e. The van der Waals surface area contributed by atoms with Crippen molar-refractivity contribution >= 4 is 0 Å². The largest absolute Gasteiger partial charge is 0.307 e. The summed E-state index contributed by atoms with van der Waals surface area (Å²) in [5, 5.41) is 3.34. The summed E-state index contributed by atoms with van der Waals surface area (Å²) < 4.78 is 13.0. The molecule has 0 saturated heterocycles. The minimum atomic E-state index is -0.228. The fourth-order valence-electron chi connectivity index (χ4n) is 2.62. The second kappa shape index (κ2) is 4.10. The van der Waals surface area contributed by atoms with Crippen molar-refractivity contribution in [2.24, 2.45) is 0 Å². The number of halogens is 1. The smallest absolute Gasteiger partial charge is 0.159 e. The number of aromatic nitrogens is 2. The number of nitrogens with zero attached hydrogens (tertiary/aromatic N) is 2. The molecule has 1 aliphatic heterocycles. The van der Waals surface area contributed by atoms with Crippen molar-refractivity contribution in [3.63, 3.8) is 0 Å². The van der Waals surface area contributed by atoms with Gasteiger partial charge in [-0.25, -0.2) is 14.4 Å². The summed E-state index contributed by atoms with van der Waals surface area (Å²) in [6, 6.07) is 6.41. The molecule has 0 atom stereocenters. The van der Waals surface area contributed by atoms with Crippen molar-refractivity contribution in [1.29, 1.82) is 0 Å². The van der Waals surface area contributed by atoms with Crippen LogP contribution < -0.4 is 5.32 Å². The zero-order chi connectivity index (χ0) is 12.8. The van der Waals surface area contributed by atoms with Crippen LogP contribution in [0.1, 0.15) is 35.7 Å². The third-order valence-electron chi connectivity index (χ3n) is 3.79. The Bertz CT molecular complexity index is 633. The number of fused-ring (bicyclic) bond motifs is 1. The molecule has 1 aliphatic carbocycles. The lowest BCUT2D eigenvalue weighted by Gasteiger charge is -2.09. The van der Waals surface area contributed by atoms with Crippen molar-refractivity contribution in [1.82, 2.24) is 15.3 Å². The van der Waals surface area contributed by atoms with Gasteiger partial charge in [-0.15, -0.1) is 0 Å². The van der Waals surface area contributed by atoms with Crippen LogP contribution in [-0.2, 0) is 13.1 Å². The highest BCUT2D eigenvalue weighted by Gasteiger charge is 2.31. The summed E-state index contributed by atoms with van der Waals surface area (Å²) in [4.78, 5) is 9.36. The molecular weight excluding hydrogens is 241 g/mol. The first kappa shape index (κ1) is 11.1. The van der Waals surface area contributed by atoms with Crippen molar-refractivity contribution in [2.45, 2.75) is 31.8 Å². The van der Waals surface area contributed by atoms with Gasteiger partial charge in [0.2, 0.25) is 0 Å². The molecule has 3 nitrogen and oxygen atoms in total. The average molecular weight is 255 g/mol. The van der Waals surface area contributed by atoms with Gasteiger partial charge in [0, 0.05) is 30.1 Å². The summed E-state index contributed by atoms with van der Waals surface area (Å²) in [7, 11) is 0. The number of hydrogen-bond acceptors (Lipinski definition) is 3. The van der Waals surface area contributed by atoms with Crippen LogP contribution >= 0.6 is 0 Å². The Morgan fingerprint density at radius 3 is 2.58 bits per heavy atom. The van der Waals surface area contributed by atoms with Crippen LogP contribution in [0.5, 0.6) is 0 Å². The lowest BCUT2D eigenvalue weighted by atomic mass is 10.1. The van der Waals surface area contributed by atoms with Crippen LogP contribution in [0.2, 0.25) is 0 Å². The zero-order valence-corrected chi connectivity index (χ0v) is 10.5. The second-order valence-electron chi connectivity index (χ2n) is 5.24. The van der Waals surface area contributed by atoms with Gasteiger partial charge in [0.25, 0.3) is 0 Å². The molecule has 0 amide bonds. The van der Waals surface area contributed by atoms with Gasteiger partial charge in [-0.3, -0.25) is 0 Å². The van der Waals surface area contributed by atoms with Crippen molar-refractivity contribution in [3.05, 3.63) is 47.0 Å². The molecule has 0 spiro atoms. The number of rotatable bonds is 2. The maximum atomic E-state index is 13.0. The molecule has 19 heavy (non-hydrogen) atoms. The highest BCUT2D eigenvalue weighted by atomic mass is 19.1. The first-order chi connectivity index (χ1) is 9.31. The molecule has 1 N–H and O–H groups in total. The summed E-state index contributed by atoms with van der Waals surface area (Å²) in [5.74, 6) is 1.11. The molecule has 2 aliphatic rings. The minimum absolute atomic E-state index is 0.228. The number of benzene rings is 1. The highest BCUT2D eigenvalue weighted by Crippen LogP contribution is 2.42. The summed E-state index contributed by atoms with van der Waals surface area (Å²) in [6.07, 6.45) is 2.46. The summed E-state index contributed by atoms with van der Waals surface area (Å²) >= 11 is 0. The topological polar surface area (TPSA) is 37.8 Å². The van der Waals surface area contributed by atoms with E-state index >= 15 is 0 Å². The molecule has 0 bridgehead atoms. The standard InChI is InChI=1S/C15H14FN3/c16-11-5-3-10(4-6-11)15-18-13-8-17-7-12(13)14(19-15)9-1-2-9/h3-6,9,17H,1-2,7-8H2. The first-order valence-corrected chi connectivity index (χ1v) is 6.67. The molecule has 0 radical (unpaired) electrons. The van der Waals surface area contributed by atoms with Crippen LogP contribution in [0.25, 0.3) is 11.4 Å². The van der Waals surface area contributed by atoms with Gasteiger partial charge in [0.15, 0.2) is 5.82 Å². The molecule has 0 unspecified atom stereocenters. The van der Waals surface area contributed by atoms with E-state index in [2.05, 4.69) is 10.3 Å². The quantitative estimate of drug-likeness (QED) is 0.896. The first-order valence-electron chi connectivity index (χ1n) is 6.67. The van der Waals surface area contributed by atoms with Crippen LogP contribution in [0.4, 0.5) is 4.39 Å². The maximum absolute atomic E-state index is 13.0. The Kier molecular flexibility index (Phi) is 2.38. The van der Waals surface area contributed by atoms with E-state index in [-0.39, 0.29) is 5.82 Å². The fourth-order valence-corrected chi connectivity index (χ4v) is 2.62. The monoisotopic (exact) mass is 255 g/mol. The Morgan fingerprint density at radius 2 is 1.84 bits per heavy atom. The van der Waals surface area contributed by atoms with Gasteiger partial charge < -0.3 is 5.32 Å². The number of nitrogens with one attached hydrogen (secondary N) is 1. The maximum Gasteiger partial charge on any atom is 0.159 e.